The number of hydrogen-bond acceptors (Lipinski definition) is 2. The molecule has 0 radical (unpaired) electrons. The number of likely N-dealkylation sites (N-methyl/N-ethyl adjacent to an activating group) is 2. The molecular formula is C6H12N2O2. The molecule has 1 rings (SSSR count). The summed E-state index contributed by atoms with van der Waals surface area (Å²) in [6, 6.07) is -0.225. The van der Waals surface area contributed by atoms with Gasteiger partial charge in [0.2, 0.25) is 0 Å². The van der Waals surface area contributed by atoms with Crippen molar-refractivity contribution in [2.75, 3.05) is 14.1 Å². The number of aliphatic hydroxyl groups is 1. The molecule has 1 aliphatic rings. The maximum absolute atomic E-state index is 11.0. The number of aliphatic hydroxyl groups excluding tert-OH is 1. The van der Waals surface area contributed by atoms with E-state index >= 15 is 0 Å². The Kier molecular flexibility index (Phi) is 1.56. The van der Waals surface area contributed by atoms with Crippen LogP contribution in [0.4, 0.5) is 4.79 Å². The van der Waals surface area contributed by atoms with Gasteiger partial charge in [-0.2, -0.15) is 0 Å². The van der Waals surface area contributed by atoms with Crippen LogP contribution >= 0.6 is 0 Å². The summed E-state index contributed by atoms with van der Waals surface area (Å²) in [4.78, 5) is 13.9. The third kappa shape index (κ3) is 0.759. The minimum absolute atomic E-state index is 0.0995. The van der Waals surface area contributed by atoms with Crippen LogP contribution in [0.2, 0.25) is 0 Å². The first kappa shape index (κ1) is 7.34. The molecule has 2 unspecified atom stereocenters. The second kappa shape index (κ2) is 2.12. The number of nitrogens with zero attached hydrogens (tertiary/aromatic N) is 2. The predicted molar refractivity (Wildman–Crippen MR) is 36.4 cm³/mol. The zero-order valence-corrected chi connectivity index (χ0v) is 6.40. The summed E-state index contributed by atoms with van der Waals surface area (Å²) in [6.45, 7) is 1.81. The van der Waals surface area contributed by atoms with E-state index in [4.69, 9.17) is 0 Å². The number of urea groups is 1. The lowest BCUT2D eigenvalue weighted by molar-refractivity contribution is 0.0533. The quantitative estimate of drug-likeness (QED) is 0.507. The van der Waals surface area contributed by atoms with E-state index in [1.165, 1.54) is 9.80 Å². The minimum atomic E-state index is -0.655. The van der Waals surface area contributed by atoms with Crippen LogP contribution in [0.15, 0.2) is 0 Å². The maximum Gasteiger partial charge on any atom is 0.321 e. The van der Waals surface area contributed by atoms with Crippen molar-refractivity contribution in [2.24, 2.45) is 0 Å². The average molecular weight is 144 g/mol. The third-order valence-electron chi connectivity index (χ3n) is 2.04. The molecule has 1 fully saturated rings. The van der Waals surface area contributed by atoms with E-state index in [0.717, 1.165) is 0 Å². The van der Waals surface area contributed by atoms with Crippen molar-refractivity contribution in [3.8, 4) is 0 Å². The van der Waals surface area contributed by atoms with Crippen molar-refractivity contribution < 1.29 is 9.90 Å². The lowest BCUT2D eigenvalue weighted by atomic mass is 10.3. The fraction of sp³-hybridized carbons (Fsp3) is 0.833. The molecular weight excluding hydrogens is 132 g/mol. The third-order valence-corrected chi connectivity index (χ3v) is 2.04. The molecule has 1 heterocycles. The van der Waals surface area contributed by atoms with Gasteiger partial charge in [-0.15, -0.1) is 0 Å². The summed E-state index contributed by atoms with van der Waals surface area (Å²) in [5.74, 6) is 0. The molecule has 1 aliphatic heterocycles. The summed E-state index contributed by atoms with van der Waals surface area (Å²) in [7, 11) is 3.27. The molecule has 0 aromatic rings. The van der Waals surface area contributed by atoms with E-state index in [9.17, 15) is 9.90 Å². The number of hydrogen-bond donors (Lipinski definition) is 1. The predicted octanol–water partition coefficient (Wildman–Crippen LogP) is -0.309. The van der Waals surface area contributed by atoms with Gasteiger partial charge in [-0.05, 0) is 6.92 Å². The number of amides is 2. The van der Waals surface area contributed by atoms with Crippen molar-refractivity contribution in [3.05, 3.63) is 0 Å². The molecule has 0 bridgehead atoms. The first-order valence-corrected chi connectivity index (χ1v) is 3.23. The molecule has 0 aliphatic carbocycles. The minimum Gasteiger partial charge on any atom is -0.371 e. The number of carbonyl (C=O) groups excluding carboxylic acids is 1. The van der Waals surface area contributed by atoms with Crippen LogP contribution in [0.5, 0.6) is 0 Å². The van der Waals surface area contributed by atoms with Crippen LogP contribution in [-0.2, 0) is 0 Å². The van der Waals surface area contributed by atoms with Crippen LogP contribution in [0.3, 0.4) is 0 Å². The van der Waals surface area contributed by atoms with Crippen LogP contribution in [0.1, 0.15) is 6.92 Å². The summed E-state index contributed by atoms with van der Waals surface area (Å²) in [5.41, 5.74) is 0. The lowest BCUT2D eigenvalue weighted by Gasteiger charge is -2.14. The highest BCUT2D eigenvalue weighted by Gasteiger charge is 2.37. The average Bonchev–Trinajstić information content (AvgIpc) is 2.07. The molecule has 10 heavy (non-hydrogen) atoms. The van der Waals surface area contributed by atoms with Gasteiger partial charge >= 0.3 is 6.03 Å². The van der Waals surface area contributed by atoms with Gasteiger partial charge in [-0.3, -0.25) is 4.90 Å². The first-order valence-electron chi connectivity index (χ1n) is 3.23. The first-order chi connectivity index (χ1) is 4.55. The monoisotopic (exact) mass is 144 g/mol. The summed E-state index contributed by atoms with van der Waals surface area (Å²) >= 11 is 0. The normalized spacial score (nSPS) is 33.8. The molecule has 1 N–H and O–H groups in total. The van der Waals surface area contributed by atoms with Gasteiger partial charge in [0.05, 0.1) is 6.04 Å². The van der Waals surface area contributed by atoms with Crippen LogP contribution in [-0.4, -0.2) is 47.3 Å². The van der Waals surface area contributed by atoms with E-state index in [0.29, 0.717) is 0 Å². The van der Waals surface area contributed by atoms with Crippen molar-refractivity contribution in [2.45, 2.75) is 19.2 Å². The molecule has 0 aromatic carbocycles. The van der Waals surface area contributed by atoms with Crippen LogP contribution in [0.25, 0.3) is 0 Å². The second-order valence-corrected chi connectivity index (χ2v) is 2.66. The van der Waals surface area contributed by atoms with E-state index in [1.807, 2.05) is 6.92 Å². The SMILES string of the molecule is CC1C(O)N(C)C(=O)N1C. The fourth-order valence-corrected chi connectivity index (χ4v) is 1.06. The Morgan fingerprint density at radius 3 is 2.00 bits per heavy atom. The van der Waals surface area contributed by atoms with E-state index in [2.05, 4.69) is 0 Å². The van der Waals surface area contributed by atoms with Crippen molar-refractivity contribution in [3.63, 3.8) is 0 Å². The van der Waals surface area contributed by atoms with Gasteiger partial charge < -0.3 is 10.0 Å². The summed E-state index contributed by atoms with van der Waals surface area (Å²) in [6.07, 6.45) is -0.655. The van der Waals surface area contributed by atoms with E-state index in [-0.39, 0.29) is 12.1 Å². The number of rotatable bonds is 0. The summed E-state index contributed by atoms with van der Waals surface area (Å²) < 4.78 is 0. The Bertz CT molecular complexity index is 144. The molecule has 0 aromatic heterocycles. The Morgan fingerprint density at radius 2 is 1.90 bits per heavy atom. The van der Waals surface area contributed by atoms with E-state index < -0.39 is 6.23 Å². The lowest BCUT2D eigenvalue weighted by Crippen LogP contribution is -2.31. The second-order valence-electron chi connectivity index (χ2n) is 2.66. The zero-order chi connectivity index (χ0) is 7.89. The smallest absolute Gasteiger partial charge is 0.321 e. The van der Waals surface area contributed by atoms with Crippen molar-refractivity contribution in [1.82, 2.24) is 9.80 Å². The van der Waals surface area contributed by atoms with Crippen LogP contribution < -0.4 is 0 Å². The molecule has 4 heteroatoms. The fourth-order valence-electron chi connectivity index (χ4n) is 1.06. The Morgan fingerprint density at radius 1 is 1.40 bits per heavy atom. The highest BCUT2D eigenvalue weighted by Crippen LogP contribution is 2.16. The molecule has 1 saturated heterocycles. The summed E-state index contributed by atoms with van der Waals surface area (Å²) in [5, 5.41) is 9.27. The van der Waals surface area contributed by atoms with Gasteiger partial charge in [0.15, 0.2) is 6.23 Å². The zero-order valence-electron chi connectivity index (χ0n) is 6.40. The molecule has 0 saturated carbocycles. The van der Waals surface area contributed by atoms with Gasteiger partial charge in [0, 0.05) is 14.1 Å². The molecule has 2 atom stereocenters. The molecule has 4 nitrogen and oxygen atoms in total. The molecule has 58 valence electrons. The highest BCUT2D eigenvalue weighted by atomic mass is 16.3. The Labute approximate surface area is 60.0 Å². The molecule has 0 spiro atoms. The standard InChI is InChI=1S/C6H12N2O2/c1-4-5(9)8(3)6(10)7(4)2/h4-5,9H,1-3H3. The Hall–Kier alpha value is -0.770. The van der Waals surface area contributed by atoms with Gasteiger partial charge in [-0.1, -0.05) is 0 Å². The van der Waals surface area contributed by atoms with Gasteiger partial charge in [0.25, 0.3) is 0 Å². The topological polar surface area (TPSA) is 43.8 Å². The van der Waals surface area contributed by atoms with Gasteiger partial charge in [0.1, 0.15) is 0 Å². The maximum atomic E-state index is 11.0. The Balaban J connectivity index is 2.78. The van der Waals surface area contributed by atoms with Crippen molar-refractivity contribution >= 4 is 6.03 Å². The van der Waals surface area contributed by atoms with Crippen LogP contribution in [0, 0.1) is 0 Å². The largest absolute Gasteiger partial charge is 0.371 e. The molecule has 2 amide bonds. The highest BCUT2D eigenvalue weighted by molar-refractivity contribution is 5.76. The van der Waals surface area contributed by atoms with E-state index in [1.54, 1.807) is 14.1 Å². The van der Waals surface area contributed by atoms with Crippen molar-refractivity contribution in [1.29, 1.82) is 0 Å². The number of carbonyl (C=O) groups is 1. The van der Waals surface area contributed by atoms with Gasteiger partial charge in [-0.25, -0.2) is 4.79 Å².